The molecule has 0 aliphatic heterocycles. The van der Waals surface area contributed by atoms with E-state index in [-0.39, 0.29) is 12.2 Å². The van der Waals surface area contributed by atoms with Crippen LogP contribution >= 0.6 is 15.9 Å². The first-order valence-electron chi connectivity index (χ1n) is 12.5. The molecule has 6 aromatic rings. The van der Waals surface area contributed by atoms with Gasteiger partial charge < -0.3 is 13.7 Å². The van der Waals surface area contributed by atoms with E-state index in [4.69, 9.17) is 19.4 Å². The van der Waals surface area contributed by atoms with Crippen molar-refractivity contribution in [2.24, 2.45) is 5.10 Å². The Labute approximate surface area is 237 Å². The van der Waals surface area contributed by atoms with Gasteiger partial charge in [0.2, 0.25) is 5.82 Å². The molecule has 0 fully saturated rings. The number of benzene rings is 3. The third-order valence-corrected chi connectivity index (χ3v) is 7.13. The molecule has 0 saturated heterocycles. The van der Waals surface area contributed by atoms with E-state index < -0.39 is 0 Å². The van der Waals surface area contributed by atoms with E-state index in [1.807, 2.05) is 86.6 Å². The van der Waals surface area contributed by atoms with E-state index in [1.165, 1.54) is 4.68 Å². The van der Waals surface area contributed by atoms with E-state index in [9.17, 15) is 4.79 Å². The standard InChI is InChI=1S/C31H22BrN5O3/c1-19-15-22(20(2)36(19)24-8-10-25(11-9-24)39-14-13-33)18-34-37-30(35-27-6-4-3-5-26(27)31(37)38)29-17-21-16-23(32)7-12-28(21)40-29/h3-12,15-18H,14H2,1-2H3. The van der Waals surface area contributed by atoms with Gasteiger partial charge in [0.05, 0.1) is 17.1 Å². The number of para-hydroxylation sites is 1. The largest absolute Gasteiger partial charge is 0.479 e. The zero-order chi connectivity index (χ0) is 27.8. The second kappa shape index (κ2) is 10.3. The van der Waals surface area contributed by atoms with E-state index in [0.29, 0.717) is 33.8 Å². The summed E-state index contributed by atoms with van der Waals surface area (Å²) < 4.78 is 15.8. The van der Waals surface area contributed by atoms with Crippen molar-refractivity contribution in [2.45, 2.75) is 13.8 Å². The van der Waals surface area contributed by atoms with E-state index in [1.54, 1.807) is 18.3 Å². The SMILES string of the molecule is Cc1cc(C=Nn2c(-c3cc4cc(Br)ccc4o3)nc3ccccc3c2=O)c(C)n1-c1ccc(OCC#N)cc1. The first-order valence-corrected chi connectivity index (χ1v) is 13.3. The highest BCUT2D eigenvalue weighted by atomic mass is 79.9. The molecule has 196 valence electrons. The lowest BCUT2D eigenvalue weighted by molar-refractivity contribution is 0.368. The van der Waals surface area contributed by atoms with E-state index in [0.717, 1.165) is 32.5 Å². The van der Waals surface area contributed by atoms with Crippen LogP contribution < -0.4 is 10.3 Å². The molecule has 0 aliphatic rings. The maximum absolute atomic E-state index is 13.6. The lowest BCUT2D eigenvalue weighted by Gasteiger charge is -2.10. The van der Waals surface area contributed by atoms with Crippen LogP contribution in [0.1, 0.15) is 17.0 Å². The van der Waals surface area contributed by atoms with Crippen LogP contribution in [0.3, 0.4) is 0 Å². The predicted octanol–water partition coefficient (Wildman–Crippen LogP) is 6.76. The van der Waals surface area contributed by atoms with E-state index in [2.05, 4.69) is 25.6 Å². The number of fused-ring (bicyclic) bond motifs is 2. The summed E-state index contributed by atoms with van der Waals surface area (Å²) >= 11 is 3.50. The molecule has 3 aromatic carbocycles. The van der Waals surface area contributed by atoms with Gasteiger partial charge in [-0.15, -0.1) is 0 Å². The third kappa shape index (κ3) is 4.59. The Morgan fingerprint density at radius 1 is 1.07 bits per heavy atom. The Kier molecular flexibility index (Phi) is 6.54. The molecule has 0 spiro atoms. The van der Waals surface area contributed by atoms with Crippen LogP contribution in [0.4, 0.5) is 0 Å². The summed E-state index contributed by atoms with van der Waals surface area (Å²) in [6.45, 7) is 4.00. The highest BCUT2D eigenvalue weighted by Gasteiger charge is 2.17. The molecule has 0 atom stereocenters. The summed E-state index contributed by atoms with van der Waals surface area (Å²) in [6.07, 6.45) is 1.67. The molecule has 8 nitrogen and oxygen atoms in total. The summed E-state index contributed by atoms with van der Waals surface area (Å²) in [6, 6.07) is 26.3. The lowest BCUT2D eigenvalue weighted by atomic mass is 10.2. The number of nitriles is 1. The van der Waals surface area contributed by atoms with Gasteiger partial charge in [-0.05, 0) is 80.6 Å². The number of hydrogen-bond donors (Lipinski definition) is 0. The predicted molar refractivity (Wildman–Crippen MR) is 158 cm³/mol. The Morgan fingerprint density at radius 3 is 2.67 bits per heavy atom. The van der Waals surface area contributed by atoms with Gasteiger partial charge in [0, 0.05) is 32.5 Å². The quantitative estimate of drug-likeness (QED) is 0.199. The van der Waals surface area contributed by atoms with E-state index >= 15 is 0 Å². The van der Waals surface area contributed by atoms with Gasteiger partial charge in [-0.3, -0.25) is 4.79 Å². The Hall–Kier alpha value is -4.94. The minimum Gasteiger partial charge on any atom is -0.479 e. The molecule has 40 heavy (non-hydrogen) atoms. The maximum atomic E-state index is 13.6. The van der Waals surface area contributed by atoms with Crippen molar-refractivity contribution in [1.29, 1.82) is 5.26 Å². The topological polar surface area (TPSA) is 98.3 Å². The Morgan fingerprint density at radius 2 is 1.88 bits per heavy atom. The van der Waals surface area contributed by atoms with Gasteiger partial charge in [-0.2, -0.15) is 15.0 Å². The third-order valence-electron chi connectivity index (χ3n) is 6.63. The number of furan rings is 1. The van der Waals surface area contributed by atoms with Gasteiger partial charge in [0.15, 0.2) is 12.4 Å². The zero-order valence-corrected chi connectivity index (χ0v) is 23.2. The van der Waals surface area contributed by atoms with Crippen LogP contribution in [-0.2, 0) is 0 Å². The molecule has 6 rings (SSSR count). The van der Waals surface area contributed by atoms with Crippen LogP contribution in [-0.4, -0.2) is 27.0 Å². The molecule has 0 saturated carbocycles. The van der Waals surface area contributed by atoms with Crippen molar-refractivity contribution in [2.75, 3.05) is 6.61 Å². The van der Waals surface area contributed by atoms with Gasteiger partial charge in [0.25, 0.3) is 5.56 Å². The lowest BCUT2D eigenvalue weighted by Crippen LogP contribution is -2.20. The number of nitrogens with zero attached hydrogens (tertiary/aromatic N) is 5. The number of hydrogen-bond acceptors (Lipinski definition) is 6. The zero-order valence-electron chi connectivity index (χ0n) is 21.6. The fourth-order valence-corrected chi connectivity index (χ4v) is 5.14. The van der Waals surface area contributed by atoms with Crippen LogP contribution in [0.25, 0.3) is 39.1 Å². The number of halogens is 1. The molecule has 0 aliphatic carbocycles. The van der Waals surface area contributed by atoms with Gasteiger partial charge in [0.1, 0.15) is 17.4 Å². The van der Waals surface area contributed by atoms with Crippen LogP contribution in [0.15, 0.2) is 97.6 Å². The summed E-state index contributed by atoms with van der Waals surface area (Å²) in [5, 5.41) is 14.7. The van der Waals surface area contributed by atoms with Crippen molar-refractivity contribution in [3.8, 4) is 29.1 Å². The normalized spacial score (nSPS) is 11.4. The molecule has 3 aromatic heterocycles. The molecular formula is C31H22BrN5O3. The Balaban J connectivity index is 1.44. The second-order valence-corrected chi connectivity index (χ2v) is 10.1. The molecule has 0 radical (unpaired) electrons. The molecule has 0 bridgehead atoms. The first-order chi connectivity index (χ1) is 19.4. The number of ether oxygens (including phenoxy) is 1. The fourth-order valence-electron chi connectivity index (χ4n) is 4.76. The van der Waals surface area contributed by atoms with Crippen molar-refractivity contribution in [3.05, 3.63) is 111 Å². The second-order valence-electron chi connectivity index (χ2n) is 9.21. The van der Waals surface area contributed by atoms with Gasteiger partial charge in [-0.25, -0.2) is 4.98 Å². The summed E-state index contributed by atoms with van der Waals surface area (Å²) in [7, 11) is 0. The number of aromatic nitrogens is 3. The molecular weight excluding hydrogens is 570 g/mol. The molecule has 0 unspecified atom stereocenters. The average molecular weight is 592 g/mol. The van der Waals surface area contributed by atoms with Crippen molar-refractivity contribution in [1.82, 2.24) is 14.2 Å². The summed E-state index contributed by atoms with van der Waals surface area (Å²) in [4.78, 5) is 18.4. The number of rotatable bonds is 6. The minimum absolute atomic E-state index is 0.00189. The monoisotopic (exact) mass is 591 g/mol. The molecule has 0 N–H and O–H groups in total. The van der Waals surface area contributed by atoms with Crippen molar-refractivity contribution >= 4 is 44.0 Å². The smallest absolute Gasteiger partial charge is 0.282 e. The molecule has 3 heterocycles. The van der Waals surface area contributed by atoms with Gasteiger partial charge >= 0.3 is 0 Å². The Bertz CT molecular complexity index is 2030. The highest BCUT2D eigenvalue weighted by molar-refractivity contribution is 9.10. The fraction of sp³-hybridized carbons (Fsp3) is 0.0968. The average Bonchev–Trinajstić information content (AvgIpc) is 3.50. The molecule has 9 heteroatoms. The number of aryl methyl sites for hydroxylation is 1. The summed E-state index contributed by atoms with van der Waals surface area (Å²) in [5.74, 6) is 1.38. The van der Waals surface area contributed by atoms with Crippen molar-refractivity contribution < 1.29 is 9.15 Å². The van der Waals surface area contributed by atoms with Crippen LogP contribution in [0, 0.1) is 25.2 Å². The summed E-state index contributed by atoms with van der Waals surface area (Å²) in [5.41, 5.74) is 4.69. The van der Waals surface area contributed by atoms with Crippen LogP contribution in [0.2, 0.25) is 0 Å². The molecule has 0 amide bonds. The highest BCUT2D eigenvalue weighted by Crippen LogP contribution is 2.29. The maximum Gasteiger partial charge on any atom is 0.282 e. The van der Waals surface area contributed by atoms with Gasteiger partial charge in [-0.1, -0.05) is 28.1 Å². The first kappa shape index (κ1) is 25.3. The van der Waals surface area contributed by atoms with Crippen molar-refractivity contribution in [3.63, 3.8) is 0 Å². The van der Waals surface area contributed by atoms with Crippen LogP contribution in [0.5, 0.6) is 5.75 Å². The minimum atomic E-state index is -0.291.